The number of hydrogen-bond acceptors (Lipinski definition) is 0. The minimum atomic E-state index is -3.10. The number of benzene rings is 14. The summed E-state index contributed by atoms with van der Waals surface area (Å²) in [5, 5.41) is 21.2. The second-order valence-corrected chi connectivity index (χ2v) is 46.4. The molecule has 2 aliphatic rings. The van der Waals surface area contributed by atoms with E-state index in [4.69, 9.17) is 0 Å². The van der Waals surface area contributed by atoms with Crippen molar-refractivity contribution in [1.82, 2.24) is 0 Å². The standard InChI is InChI=1S/2C43H35.C2H7Si.Zr/c2*1-2-3-4-5-14-29-25-40-38(42-34-19-10-6-15-30(34)27-31-16-7-11-20-35(31)42)23-24-39(41(40)26-29)43-36-21-12-8-17-32(36)28-33-18-9-13-22-37(33)43;1-3-2;/h2*6-13,15-28H,2-5,14H2,1H3;3H,1-2H3;. The van der Waals surface area contributed by atoms with Crippen molar-refractivity contribution in [3.8, 4) is 44.5 Å². The molecule has 14 aromatic rings. The Kier molecular flexibility index (Phi) is 15.3. The molecule has 0 saturated heterocycles. The molecule has 0 saturated carbocycles. The van der Waals surface area contributed by atoms with Gasteiger partial charge in [-0.3, -0.25) is 0 Å². The average Bonchev–Trinajstić information content (AvgIpc) is 1.51. The van der Waals surface area contributed by atoms with E-state index < -0.39 is 26.8 Å². The molecule has 14 aromatic carbocycles. The summed E-state index contributed by atoms with van der Waals surface area (Å²) in [4.78, 5) is 0. The van der Waals surface area contributed by atoms with Crippen LogP contribution in [-0.2, 0) is 20.9 Å². The van der Waals surface area contributed by atoms with Gasteiger partial charge in [-0.05, 0) is 0 Å². The molecule has 0 bridgehead atoms. The third kappa shape index (κ3) is 9.70. The van der Waals surface area contributed by atoms with E-state index >= 15 is 0 Å². The van der Waals surface area contributed by atoms with E-state index in [1.54, 1.807) is 22.3 Å². The topological polar surface area (TPSA) is 0 Å². The summed E-state index contributed by atoms with van der Waals surface area (Å²) < 4.78 is 0.720. The molecule has 0 radical (unpaired) electrons. The first-order valence-electron chi connectivity index (χ1n) is 33.7. The van der Waals surface area contributed by atoms with Crippen LogP contribution in [0.3, 0.4) is 0 Å². The molecule has 0 heterocycles. The Balaban J connectivity index is 1.05. The molecule has 0 spiro atoms. The van der Waals surface area contributed by atoms with Gasteiger partial charge in [0.05, 0.1) is 0 Å². The molecule has 0 aliphatic heterocycles. The molecule has 2 atom stereocenters. The van der Waals surface area contributed by atoms with Crippen LogP contribution in [0.1, 0.15) is 108 Å². The number of allylic oxidation sites excluding steroid dienone is 2. The van der Waals surface area contributed by atoms with Crippen LogP contribution in [-0.4, -0.2) is 5.92 Å². The number of fused-ring (bicyclic) bond motifs is 10. The van der Waals surface area contributed by atoms with E-state index in [-0.39, 0.29) is 0 Å². The molecule has 16 rings (SSSR count). The van der Waals surface area contributed by atoms with Crippen LogP contribution >= 0.6 is 0 Å². The predicted octanol–water partition coefficient (Wildman–Crippen LogP) is 25.7. The van der Waals surface area contributed by atoms with Crippen molar-refractivity contribution in [3.63, 3.8) is 0 Å². The molecule has 0 fully saturated rings. The van der Waals surface area contributed by atoms with Gasteiger partial charge >= 0.3 is 544 Å². The van der Waals surface area contributed by atoms with Crippen LogP contribution in [0, 0.1) is 0 Å². The van der Waals surface area contributed by atoms with Gasteiger partial charge in [0.2, 0.25) is 0 Å². The fraction of sp³-hybridized carbons (Fsp3) is 0.182. The van der Waals surface area contributed by atoms with E-state index in [1.807, 2.05) is 0 Å². The van der Waals surface area contributed by atoms with Crippen molar-refractivity contribution in [2.45, 2.75) is 98.4 Å². The third-order valence-corrected chi connectivity index (χ3v) is 42.3. The average molecular weight is 1250 g/mol. The van der Waals surface area contributed by atoms with Crippen molar-refractivity contribution in [1.29, 1.82) is 0 Å². The molecular formula is C88H77SiZr. The molecule has 437 valence electrons. The van der Waals surface area contributed by atoms with Crippen LogP contribution < -0.4 is 0 Å². The Morgan fingerprint density at radius 2 is 0.533 bits per heavy atom. The zero-order valence-electron chi connectivity index (χ0n) is 52.6. The van der Waals surface area contributed by atoms with Gasteiger partial charge in [-0.2, -0.15) is 0 Å². The fourth-order valence-electron chi connectivity index (χ4n) is 16.7. The van der Waals surface area contributed by atoms with Crippen LogP contribution in [0.25, 0.3) is 143 Å². The van der Waals surface area contributed by atoms with E-state index in [9.17, 15) is 0 Å². The zero-order valence-corrected chi connectivity index (χ0v) is 56.2. The van der Waals surface area contributed by atoms with Crippen molar-refractivity contribution < 1.29 is 20.9 Å². The summed E-state index contributed by atoms with van der Waals surface area (Å²) in [5.41, 5.74) is 21.0. The second kappa shape index (κ2) is 24.2. The van der Waals surface area contributed by atoms with Crippen LogP contribution in [0.2, 0.25) is 13.1 Å². The Labute approximate surface area is 539 Å². The molecule has 0 amide bonds. The maximum atomic E-state index is 2.85. The normalized spacial score (nSPS) is 14.7. The molecule has 0 N–H and O–H groups in total. The van der Waals surface area contributed by atoms with Crippen molar-refractivity contribution in [2.75, 3.05) is 0 Å². The molecule has 0 aromatic heterocycles. The van der Waals surface area contributed by atoms with E-state index in [0.29, 0.717) is 7.25 Å². The first kappa shape index (κ1) is 56.9. The van der Waals surface area contributed by atoms with Gasteiger partial charge in [-0.1, -0.05) is 0 Å². The van der Waals surface area contributed by atoms with Crippen LogP contribution in [0.15, 0.2) is 254 Å². The van der Waals surface area contributed by atoms with Gasteiger partial charge in [0.15, 0.2) is 0 Å². The predicted molar refractivity (Wildman–Crippen MR) is 393 cm³/mol. The summed E-state index contributed by atoms with van der Waals surface area (Å²) in [7, 11) is 0. The number of hydrogen-bond donors (Lipinski definition) is 0. The molecular weight excluding hydrogens is 1180 g/mol. The van der Waals surface area contributed by atoms with Gasteiger partial charge in [0.1, 0.15) is 0 Å². The van der Waals surface area contributed by atoms with Gasteiger partial charge in [0.25, 0.3) is 0 Å². The quantitative estimate of drug-likeness (QED) is 0.0484. The van der Waals surface area contributed by atoms with Crippen LogP contribution in [0.5, 0.6) is 0 Å². The Bertz CT molecular complexity index is 4690. The summed E-state index contributed by atoms with van der Waals surface area (Å²) in [6.45, 7) is 10.4. The minimum absolute atomic E-state index is 0.360. The van der Waals surface area contributed by atoms with E-state index in [2.05, 4.69) is 282 Å². The summed E-state index contributed by atoms with van der Waals surface area (Å²) in [5.74, 6) is -1.53. The van der Waals surface area contributed by atoms with E-state index in [0.717, 1.165) is 12.8 Å². The Morgan fingerprint density at radius 1 is 0.289 bits per heavy atom. The number of rotatable bonds is 17. The summed E-state index contributed by atoms with van der Waals surface area (Å²) in [6, 6.07) is 94.4. The summed E-state index contributed by atoms with van der Waals surface area (Å²) >= 11 is -3.10. The zero-order chi connectivity index (χ0) is 60.4. The van der Waals surface area contributed by atoms with Gasteiger partial charge in [0, 0.05) is 0 Å². The molecule has 90 heavy (non-hydrogen) atoms. The second-order valence-electron chi connectivity index (χ2n) is 26.3. The monoisotopic (exact) mass is 1250 g/mol. The molecule has 2 aliphatic carbocycles. The number of unbranched alkanes of at least 4 members (excludes halogenated alkanes) is 6. The SMILES string of the molecule is CCCCCCC1=Cc2c(-c3c4ccccc4cc4ccccc34)ccc(-c3c4ccccc4cc4ccccc34)c2[CH]1[Zr]([CH]1C(CCCCCC)=Cc2c(-c3c4ccccc4cc4ccccc34)ccc(-c3c4ccccc4cc4ccccc34)c21)[SiH](C)C. The third-order valence-electron chi connectivity index (χ3n) is 20.7. The van der Waals surface area contributed by atoms with Crippen molar-refractivity contribution >= 4 is 104 Å². The molecule has 0 nitrogen and oxygen atoms in total. The van der Waals surface area contributed by atoms with Crippen molar-refractivity contribution in [2.24, 2.45) is 0 Å². The first-order valence-corrected chi connectivity index (χ1v) is 43.7. The van der Waals surface area contributed by atoms with E-state index in [1.165, 1.54) is 193 Å². The van der Waals surface area contributed by atoms with Gasteiger partial charge < -0.3 is 0 Å². The summed E-state index contributed by atoms with van der Waals surface area (Å²) in [6.07, 6.45) is 17.9. The molecule has 2 heteroatoms. The first-order chi connectivity index (χ1) is 44.4. The van der Waals surface area contributed by atoms with Crippen molar-refractivity contribution in [3.05, 3.63) is 276 Å². The van der Waals surface area contributed by atoms with Gasteiger partial charge in [-0.25, -0.2) is 0 Å². The fourth-order valence-corrected chi connectivity index (χ4v) is 39.6. The van der Waals surface area contributed by atoms with Crippen LogP contribution in [0.4, 0.5) is 0 Å². The Morgan fingerprint density at radius 3 is 0.789 bits per heavy atom. The maximum absolute atomic E-state index is 3.10. The Hall–Kier alpha value is -8.26. The molecule has 2 unspecified atom stereocenters. The van der Waals surface area contributed by atoms with Gasteiger partial charge in [-0.15, -0.1) is 0 Å².